The van der Waals surface area contributed by atoms with E-state index in [-0.39, 0.29) is 5.69 Å². The summed E-state index contributed by atoms with van der Waals surface area (Å²) in [6.45, 7) is 0. The SMILES string of the molecule is Cn1c(C(=O)Nc2cccc(OC(F)(F)F)c2)c(Br)c2ccccc21. The number of aryl methyl sites for hydroxylation is 1. The van der Waals surface area contributed by atoms with E-state index in [0.29, 0.717) is 10.2 Å². The molecule has 0 bridgehead atoms. The quantitative estimate of drug-likeness (QED) is 0.650. The lowest BCUT2D eigenvalue weighted by atomic mass is 10.2. The van der Waals surface area contributed by atoms with Crippen molar-refractivity contribution in [3.05, 3.63) is 58.7 Å². The molecule has 0 aliphatic rings. The summed E-state index contributed by atoms with van der Waals surface area (Å²) >= 11 is 3.42. The van der Waals surface area contributed by atoms with Gasteiger partial charge < -0.3 is 14.6 Å². The predicted molar refractivity (Wildman–Crippen MR) is 91.7 cm³/mol. The van der Waals surface area contributed by atoms with Gasteiger partial charge in [-0.2, -0.15) is 0 Å². The van der Waals surface area contributed by atoms with Gasteiger partial charge in [0, 0.05) is 29.7 Å². The number of benzene rings is 2. The molecular weight excluding hydrogens is 401 g/mol. The number of anilines is 1. The number of amides is 1. The molecule has 0 saturated heterocycles. The smallest absolute Gasteiger partial charge is 0.406 e. The van der Waals surface area contributed by atoms with Gasteiger partial charge in [0.1, 0.15) is 11.4 Å². The lowest BCUT2D eigenvalue weighted by Gasteiger charge is -2.11. The fourth-order valence-corrected chi connectivity index (χ4v) is 3.34. The van der Waals surface area contributed by atoms with Crippen LogP contribution in [0.1, 0.15) is 10.5 Å². The Hall–Kier alpha value is -2.48. The largest absolute Gasteiger partial charge is 0.573 e. The number of halogens is 4. The lowest BCUT2D eigenvalue weighted by Crippen LogP contribution is -2.18. The number of carbonyl (C=O) groups is 1. The molecule has 1 heterocycles. The first-order chi connectivity index (χ1) is 11.8. The molecule has 3 aromatic rings. The summed E-state index contributed by atoms with van der Waals surface area (Å²) in [4.78, 5) is 12.6. The molecule has 0 aliphatic heterocycles. The summed E-state index contributed by atoms with van der Waals surface area (Å²) in [5.74, 6) is -0.851. The second-order valence-electron chi connectivity index (χ2n) is 5.27. The molecule has 0 spiro atoms. The second-order valence-corrected chi connectivity index (χ2v) is 6.06. The van der Waals surface area contributed by atoms with Crippen molar-refractivity contribution in [3.63, 3.8) is 0 Å². The van der Waals surface area contributed by atoms with Crippen molar-refractivity contribution in [3.8, 4) is 5.75 Å². The normalized spacial score (nSPS) is 11.6. The first-order valence-electron chi connectivity index (χ1n) is 7.16. The minimum atomic E-state index is -4.79. The maximum Gasteiger partial charge on any atom is 0.573 e. The van der Waals surface area contributed by atoms with Crippen LogP contribution in [-0.2, 0) is 7.05 Å². The molecule has 25 heavy (non-hydrogen) atoms. The number of ether oxygens (including phenoxy) is 1. The highest BCUT2D eigenvalue weighted by Crippen LogP contribution is 2.31. The number of rotatable bonds is 3. The van der Waals surface area contributed by atoms with Crippen molar-refractivity contribution >= 4 is 38.4 Å². The molecule has 1 amide bonds. The first kappa shape index (κ1) is 17.3. The van der Waals surface area contributed by atoms with E-state index >= 15 is 0 Å². The molecule has 0 unspecified atom stereocenters. The molecule has 1 N–H and O–H groups in total. The van der Waals surface area contributed by atoms with Crippen LogP contribution >= 0.6 is 15.9 Å². The van der Waals surface area contributed by atoms with Gasteiger partial charge >= 0.3 is 6.36 Å². The van der Waals surface area contributed by atoms with Crippen molar-refractivity contribution in [2.24, 2.45) is 7.05 Å². The maximum absolute atomic E-state index is 12.6. The van der Waals surface area contributed by atoms with Crippen LogP contribution in [0.5, 0.6) is 5.75 Å². The van der Waals surface area contributed by atoms with Crippen LogP contribution in [0.4, 0.5) is 18.9 Å². The monoisotopic (exact) mass is 412 g/mol. The zero-order chi connectivity index (χ0) is 18.2. The molecule has 2 aromatic carbocycles. The van der Waals surface area contributed by atoms with Gasteiger partial charge in [-0.15, -0.1) is 13.2 Å². The van der Waals surface area contributed by atoms with E-state index < -0.39 is 18.0 Å². The molecule has 4 nitrogen and oxygen atoms in total. The fourth-order valence-electron chi connectivity index (χ4n) is 2.56. The predicted octanol–water partition coefficient (Wildman–Crippen LogP) is 5.09. The van der Waals surface area contributed by atoms with Crippen molar-refractivity contribution in [1.82, 2.24) is 4.57 Å². The highest BCUT2D eigenvalue weighted by atomic mass is 79.9. The number of para-hydroxylation sites is 1. The average molecular weight is 413 g/mol. The Morgan fingerprint density at radius 3 is 2.56 bits per heavy atom. The number of hydrogen-bond acceptors (Lipinski definition) is 2. The molecule has 0 fully saturated rings. The van der Waals surface area contributed by atoms with Crippen molar-refractivity contribution in [1.29, 1.82) is 0 Å². The zero-order valence-electron chi connectivity index (χ0n) is 12.9. The van der Waals surface area contributed by atoms with Crippen molar-refractivity contribution in [2.75, 3.05) is 5.32 Å². The summed E-state index contributed by atoms with van der Waals surface area (Å²) in [6.07, 6.45) is -4.79. The minimum Gasteiger partial charge on any atom is -0.406 e. The Balaban J connectivity index is 1.90. The van der Waals surface area contributed by atoms with Gasteiger partial charge in [-0.05, 0) is 34.1 Å². The Morgan fingerprint density at radius 2 is 1.88 bits per heavy atom. The van der Waals surface area contributed by atoms with E-state index in [9.17, 15) is 18.0 Å². The number of nitrogens with one attached hydrogen (secondary N) is 1. The molecule has 0 atom stereocenters. The van der Waals surface area contributed by atoms with Crippen molar-refractivity contribution in [2.45, 2.75) is 6.36 Å². The topological polar surface area (TPSA) is 43.3 Å². The Labute approximate surface area is 149 Å². The average Bonchev–Trinajstić information content (AvgIpc) is 2.78. The molecule has 8 heteroatoms. The van der Waals surface area contributed by atoms with Gasteiger partial charge in [-0.25, -0.2) is 0 Å². The van der Waals surface area contributed by atoms with Gasteiger partial charge in [0.05, 0.1) is 4.47 Å². The van der Waals surface area contributed by atoms with Crippen LogP contribution in [0, 0.1) is 0 Å². The van der Waals surface area contributed by atoms with Gasteiger partial charge in [0.15, 0.2) is 0 Å². The third-order valence-electron chi connectivity index (χ3n) is 3.59. The third kappa shape index (κ3) is 3.63. The highest BCUT2D eigenvalue weighted by Gasteiger charge is 2.31. The third-order valence-corrected chi connectivity index (χ3v) is 4.39. The molecule has 3 rings (SSSR count). The molecule has 1 aromatic heterocycles. The van der Waals surface area contributed by atoms with E-state index in [2.05, 4.69) is 26.0 Å². The van der Waals surface area contributed by atoms with Crippen LogP contribution in [0.3, 0.4) is 0 Å². The molecule has 0 aliphatic carbocycles. The van der Waals surface area contributed by atoms with E-state index in [1.807, 2.05) is 24.3 Å². The van der Waals surface area contributed by atoms with E-state index in [1.54, 1.807) is 11.6 Å². The number of alkyl halides is 3. The molecular formula is C17H12BrF3N2O2. The zero-order valence-corrected chi connectivity index (χ0v) is 14.5. The fraction of sp³-hybridized carbons (Fsp3) is 0.118. The summed E-state index contributed by atoms with van der Waals surface area (Å²) in [6, 6.07) is 12.6. The first-order valence-corrected chi connectivity index (χ1v) is 7.95. The summed E-state index contributed by atoms with van der Waals surface area (Å²) in [7, 11) is 1.74. The molecule has 130 valence electrons. The van der Waals surface area contributed by atoms with Gasteiger partial charge in [-0.3, -0.25) is 4.79 Å². The number of nitrogens with zero attached hydrogens (tertiary/aromatic N) is 1. The van der Waals surface area contributed by atoms with E-state index in [4.69, 9.17) is 0 Å². The molecule has 0 saturated carbocycles. The maximum atomic E-state index is 12.6. The molecule has 0 radical (unpaired) electrons. The Morgan fingerprint density at radius 1 is 1.16 bits per heavy atom. The van der Waals surface area contributed by atoms with Crippen LogP contribution in [0.2, 0.25) is 0 Å². The number of hydrogen-bond donors (Lipinski definition) is 1. The summed E-state index contributed by atoms with van der Waals surface area (Å²) < 4.78 is 43.1. The minimum absolute atomic E-state index is 0.198. The highest BCUT2D eigenvalue weighted by molar-refractivity contribution is 9.10. The van der Waals surface area contributed by atoms with Crippen LogP contribution in [0.15, 0.2) is 53.0 Å². The lowest BCUT2D eigenvalue weighted by molar-refractivity contribution is -0.274. The van der Waals surface area contributed by atoms with Gasteiger partial charge in [-0.1, -0.05) is 24.3 Å². The van der Waals surface area contributed by atoms with Crippen LogP contribution in [-0.4, -0.2) is 16.8 Å². The number of fused-ring (bicyclic) bond motifs is 1. The standard InChI is InChI=1S/C17H12BrF3N2O2/c1-23-13-8-3-2-7-12(13)14(18)15(23)16(24)22-10-5-4-6-11(9-10)25-17(19,20)21/h2-9H,1H3,(H,22,24). The van der Waals surface area contributed by atoms with Gasteiger partial charge in [0.2, 0.25) is 0 Å². The Bertz CT molecular complexity index is 912. The second kappa shape index (κ2) is 6.44. The number of aromatic nitrogens is 1. The van der Waals surface area contributed by atoms with E-state index in [0.717, 1.165) is 23.0 Å². The van der Waals surface area contributed by atoms with Crippen LogP contribution < -0.4 is 10.1 Å². The van der Waals surface area contributed by atoms with E-state index in [1.165, 1.54) is 12.1 Å². The summed E-state index contributed by atoms with van der Waals surface area (Å²) in [5.41, 5.74) is 1.42. The summed E-state index contributed by atoms with van der Waals surface area (Å²) in [5, 5.41) is 3.45. The van der Waals surface area contributed by atoms with Gasteiger partial charge in [0.25, 0.3) is 5.91 Å². The Kier molecular flexibility index (Phi) is 4.47. The van der Waals surface area contributed by atoms with Crippen molar-refractivity contribution < 1.29 is 22.7 Å². The number of carbonyl (C=O) groups excluding carboxylic acids is 1. The van der Waals surface area contributed by atoms with Crippen LogP contribution in [0.25, 0.3) is 10.9 Å².